The van der Waals surface area contributed by atoms with Crippen LogP contribution in [0, 0.1) is 6.92 Å². The summed E-state index contributed by atoms with van der Waals surface area (Å²) < 4.78 is 27.1. The molecule has 0 bridgehead atoms. The van der Waals surface area contributed by atoms with E-state index in [1.807, 2.05) is 75.4 Å². The van der Waals surface area contributed by atoms with Crippen molar-refractivity contribution < 1.29 is 18.0 Å². The summed E-state index contributed by atoms with van der Waals surface area (Å²) >= 11 is 0. The Kier molecular flexibility index (Phi) is 10.8. The SMILES string of the molecule is Cc1ccccc1CN(C(=O)CCCN(C)S(=O)(=O)c1ccccc1)[C@H](Cc1ccccc1)C(=O)NC(C)C. The van der Waals surface area contributed by atoms with Crippen LogP contribution in [-0.4, -0.2) is 55.1 Å². The highest BCUT2D eigenvalue weighted by atomic mass is 32.2. The van der Waals surface area contributed by atoms with Crippen LogP contribution in [0.5, 0.6) is 0 Å². The lowest BCUT2D eigenvalue weighted by atomic mass is 10.0. The molecule has 2 amide bonds. The number of nitrogens with one attached hydrogen (secondary N) is 1. The Morgan fingerprint density at radius 3 is 2.08 bits per heavy atom. The lowest BCUT2D eigenvalue weighted by Gasteiger charge is -2.32. The van der Waals surface area contributed by atoms with E-state index < -0.39 is 16.1 Å². The van der Waals surface area contributed by atoms with Crippen molar-refractivity contribution in [3.05, 3.63) is 102 Å². The molecule has 3 aromatic rings. The van der Waals surface area contributed by atoms with E-state index in [0.29, 0.717) is 12.8 Å². The van der Waals surface area contributed by atoms with Gasteiger partial charge >= 0.3 is 0 Å². The molecule has 0 aliphatic heterocycles. The summed E-state index contributed by atoms with van der Waals surface area (Å²) in [5, 5.41) is 2.99. The van der Waals surface area contributed by atoms with E-state index in [2.05, 4.69) is 5.32 Å². The van der Waals surface area contributed by atoms with Crippen LogP contribution in [0.15, 0.2) is 89.8 Å². The first-order valence-corrected chi connectivity index (χ1v) is 14.7. The molecule has 1 N–H and O–H groups in total. The minimum absolute atomic E-state index is 0.0805. The molecule has 0 fully saturated rings. The molecule has 1 atom stereocenters. The van der Waals surface area contributed by atoms with Crippen molar-refractivity contribution in [1.82, 2.24) is 14.5 Å². The van der Waals surface area contributed by atoms with Crippen molar-refractivity contribution in [2.45, 2.75) is 63.6 Å². The van der Waals surface area contributed by atoms with Gasteiger partial charge in [-0.15, -0.1) is 0 Å². The van der Waals surface area contributed by atoms with Gasteiger partial charge in [0.15, 0.2) is 0 Å². The fourth-order valence-corrected chi connectivity index (χ4v) is 5.63. The molecule has 0 aliphatic rings. The highest BCUT2D eigenvalue weighted by Crippen LogP contribution is 2.19. The number of nitrogens with zero attached hydrogens (tertiary/aromatic N) is 2. The first kappa shape index (κ1) is 30.1. The number of sulfonamides is 1. The third kappa shape index (κ3) is 8.50. The lowest BCUT2D eigenvalue weighted by molar-refractivity contribution is -0.141. The predicted molar refractivity (Wildman–Crippen MR) is 154 cm³/mol. The van der Waals surface area contributed by atoms with Crippen molar-refractivity contribution in [3.8, 4) is 0 Å². The molecule has 0 radical (unpaired) electrons. The number of carbonyl (C=O) groups excluding carboxylic acids is 2. The molecule has 0 spiro atoms. The highest BCUT2D eigenvalue weighted by Gasteiger charge is 2.31. The van der Waals surface area contributed by atoms with Crippen LogP contribution in [0.3, 0.4) is 0 Å². The smallest absolute Gasteiger partial charge is 0.243 e. The molecule has 0 saturated heterocycles. The summed E-state index contributed by atoms with van der Waals surface area (Å²) in [5.41, 5.74) is 2.95. The second-order valence-corrected chi connectivity index (χ2v) is 12.1. The Balaban J connectivity index is 1.83. The molecule has 208 valence electrons. The molecule has 0 heterocycles. The molecule has 0 unspecified atom stereocenters. The summed E-state index contributed by atoms with van der Waals surface area (Å²) in [5.74, 6) is -0.400. The lowest BCUT2D eigenvalue weighted by Crippen LogP contribution is -2.52. The van der Waals surface area contributed by atoms with Crippen molar-refractivity contribution in [2.24, 2.45) is 0 Å². The van der Waals surface area contributed by atoms with E-state index in [0.717, 1.165) is 16.7 Å². The first-order valence-electron chi connectivity index (χ1n) is 13.3. The van der Waals surface area contributed by atoms with Gasteiger partial charge in [-0.05, 0) is 56.0 Å². The zero-order valence-electron chi connectivity index (χ0n) is 23.2. The zero-order chi connectivity index (χ0) is 28.4. The molecule has 0 aromatic heterocycles. The largest absolute Gasteiger partial charge is 0.352 e. The average Bonchev–Trinajstić information content (AvgIpc) is 2.92. The normalized spacial score (nSPS) is 12.4. The van der Waals surface area contributed by atoms with Gasteiger partial charge in [-0.2, -0.15) is 0 Å². The predicted octanol–water partition coefficient (Wildman–Crippen LogP) is 4.56. The van der Waals surface area contributed by atoms with Crippen LogP contribution >= 0.6 is 0 Å². The van der Waals surface area contributed by atoms with E-state index >= 15 is 0 Å². The van der Waals surface area contributed by atoms with Crippen molar-refractivity contribution in [3.63, 3.8) is 0 Å². The second kappa shape index (κ2) is 14.1. The minimum atomic E-state index is -3.65. The summed E-state index contributed by atoms with van der Waals surface area (Å²) in [6.07, 6.45) is 0.815. The summed E-state index contributed by atoms with van der Waals surface area (Å²) in [6.45, 7) is 6.25. The van der Waals surface area contributed by atoms with Gasteiger partial charge in [0.25, 0.3) is 0 Å². The van der Waals surface area contributed by atoms with E-state index in [1.165, 1.54) is 11.4 Å². The second-order valence-electron chi connectivity index (χ2n) is 10.1. The fourth-order valence-electron chi connectivity index (χ4n) is 4.39. The third-order valence-corrected chi connectivity index (χ3v) is 8.49. The number of benzene rings is 3. The van der Waals surface area contributed by atoms with Gasteiger partial charge in [0.2, 0.25) is 21.8 Å². The number of carbonyl (C=O) groups is 2. The van der Waals surface area contributed by atoms with Gasteiger partial charge in [0, 0.05) is 39.0 Å². The van der Waals surface area contributed by atoms with E-state index in [4.69, 9.17) is 0 Å². The number of hydrogen-bond acceptors (Lipinski definition) is 4. The number of rotatable bonds is 13. The number of aryl methyl sites for hydroxylation is 1. The van der Waals surface area contributed by atoms with E-state index in [9.17, 15) is 18.0 Å². The standard InChI is InChI=1S/C31H39N3O4S/c1-24(2)32-31(36)29(22-26-15-7-5-8-16-26)34(23-27-17-12-11-14-25(27)3)30(35)20-13-21-33(4)39(37,38)28-18-9-6-10-19-28/h5-12,14-19,24,29H,13,20-23H2,1-4H3,(H,32,36)/t29-/m1/s1. The summed E-state index contributed by atoms with van der Waals surface area (Å²) in [4.78, 5) is 29.1. The van der Waals surface area contributed by atoms with Crippen molar-refractivity contribution >= 4 is 21.8 Å². The van der Waals surface area contributed by atoms with Crippen LogP contribution in [0.2, 0.25) is 0 Å². The van der Waals surface area contributed by atoms with Gasteiger partial charge < -0.3 is 10.2 Å². The summed E-state index contributed by atoms with van der Waals surface area (Å²) in [7, 11) is -2.13. The number of amides is 2. The molecular weight excluding hydrogens is 510 g/mol. The molecular formula is C31H39N3O4S. The van der Waals surface area contributed by atoms with Crippen LogP contribution < -0.4 is 5.32 Å². The Hall–Kier alpha value is -3.49. The van der Waals surface area contributed by atoms with Gasteiger partial charge in [-0.3, -0.25) is 9.59 Å². The Morgan fingerprint density at radius 2 is 1.46 bits per heavy atom. The van der Waals surface area contributed by atoms with Crippen LogP contribution in [-0.2, 0) is 32.6 Å². The van der Waals surface area contributed by atoms with Gasteiger partial charge in [0.1, 0.15) is 6.04 Å². The maximum Gasteiger partial charge on any atom is 0.243 e. The topological polar surface area (TPSA) is 86.8 Å². The minimum Gasteiger partial charge on any atom is -0.352 e. The van der Waals surface area contributed by atoms with Crippen molar-refractivity contribution in [2.75, 3.05) is 13.6 Å². The van der Waals surface area contributed by atoms with E-state index in [1.54, 1.807) is 35.2 Å². The van der Waals surface area contributed by atoms with Crippen molar-refractivity contribution in [1.29, 1.82) is 0 Å². The maximum atomic E-state index is 13.8. The first-order chi connectivity index (χ1) is 18.6. The highest BCUT2D eigenvalue weighted by molar-refractivity contribution is 7.89. The fraction of sp³-hybridized carbons (Fsp3) is 0.355. The molecule has 0 aliphatic carbocycles. The van der Waals surface area contributed by atoms with Crippen LogP contribution in [0.4, 0.5) is 0 Å². The third-order valence-electron chi connectivity index (χ3n) is 6.62. The molecule has 7 nitrogen and oxygen atoms in total. The Bertz CT molecular complexity index is 1330. The zero-order valence-corrected chi connectivity index (χ0v) is 24.0. The summed E-state index contributed by atoms with van der Waals surface area (Å²) in [6, 6.07) is 24.9. The Labute approximate surface area is 232 Å². The van der Waals surface area contributed by atoms with Gasteiger partial charge in [-0.25, -0.2) is 12.7 Å². The van der Waals surface area contributed by atoms with Gasteiger partial charge in [0.05, 0.1) is 4.90 Å². The molecule has 0 saturated carbocycles. The molecule has 39 heavy (non-hydrogen) atoms. The average molecular weight is 550 g/mol. The molecule has 8 heteroatoms. The monoisotopic (exact) mass is 549 g/mol. The van der Waals surface area contributed by atoms with Crippen LogP contribution in [0.1, 0.15) is 43.4 Å². The van der Waals surface area contributed by atoms with Gasteiger partial charge in [-0.1, -0.05) is 72.8 Å². The van der Waals surface area contributed by atoms with E-state index in [-0.39, 0.29) is 42.3 Å². The quantitative estimate of drug-likeness (QED) is 0.339. The van der Waals surface area contributed by atoms with Crippen LogP contribution in [0.25, 0.3) is 0 Å². The molecule has 3 aromatic carbocycles. The maximum absolute atomic E-state index is 13.8. The molecule has 3 rings (SSSR count). The Morgan fingerprint density at radius 1 is 0.872 bits per heavy atom. The number of hydrogen-bond donors (Lipinski definition) is 1.